The molecule has 0 rings (SSSR count). The van der Waals surface area contributed by atoms with E-state index in [1.165, 1.54) is 32.1 Å². The van der Waals surface area contributed by atoms with E-state index in [9.17, 15) is 9.59 Å². The molecule has 0 atom stereocenters. The van der Waals surface area contributed by atoms with Crippen LogP contribution >= 0.6 is 0 Å². The van der Waals surface area contributed by atoms with Gasteiger partial charge in [0.25, 0.3) is 0 Å². The lowest BCUT2D eigenvalue weighted by Gasteiger charge is -2.23. The third-order valence-corrected chi connectivity index (χ3v) is 4.07. The first-order valence-corrected chi connectivity index (χ1v) is 10.2. The second kappa shape index (κ2) is 18.5. The van der Waals surface area contributed by atoms with E-state index in [2.05, 4.69) is 28.1 Å². The predicted molar refractivity (Wildman–Crippen MR) is 106 cm³/mol. The highest BCUT2D eigenvalue weighted by Gasteiger charge is 2.05. The first-order chi connectivity index (χ1) is 12.3. The van der Waals surface area contributed by atoms with Gasteiger partial charge in [0.2, 0.25) is 0 Å². The largest absolute Gasteiger partial charge is 1.00 e. The minimum Gasteiger partial charge on any atom is -1.00 e. The molecule has 0 bridgehead atoms. The van der Waals surface area contributed by atoms with Gasteiger partial charge < -0.3 is 30.9 Å². The number of halogens is 1. The molecule has 0 saturated carbocycles. The normalized spacial score (nSPS) is 11.3. The van der Waals surface area contributed by atoms with Crippen LogP contribution in [0.5, 0.6) is 0 Å². The van der Waals surface area contributed by atoms with Gasteiger partial charge in [-0.25, -0.2) is 9.59 Å². The van der Waals surface area contributed by atoms with Gasteiger partial charge in [-0.2, -0.15) is 0 Å². The molecule has 160 valence electrons. The van der Waals surface area contributed by atoms with Gasteiger partial charge in [0, 0.05) is 12.2 Å². The number of quaternary nitrogens is 1. The van der Waals surface area contributed by atoms with Crippen LogP contribution in [0.2, 0.25) is 0 Å². The van der Waals surface area contributed by atoms with E-state index in [1.54, 1.807) is 0 Å². The van der Waals surface area contributed by atoms with Crippen molar-refractivity contribution in [2.45, 2.75) is 71.1 Å². The Balaban J connectivity index is 0. The van der Waals surface area contributed by atoms with Gasteiger partial charge in [-0.05, 0) is 32.1 Å². The molecule has 0 radical (unpaired) electrons. The van der Waals surface area contributed by atoms with Gasteiger partial charge in [0.05, 0.1) is 40.9 Å². The van der Waals surface area contributed by atoms with Crippen molar-refractivity contribution in [3.63, 3.8) is 0 Å². The monoisotopic (exact) mass is 449 g/mol. The number of hydrogen-bond donors (Lipinski definition) is 0. The maximum absolute atomic E-state index is 11.5. The molecule has 6 heteroatoms. The molecule has 0 aliphatic carbocycles. The highest BCUT2D eigenvalue weighted by molar-refractivity contribution is 5.91. The third kappa shape index (κ3) is 23.1. The van der Waals surface area contributed by atoms with E-state index in [1.807, 2.05) is 0 Å². The summed E-state index contributed by atoms with van der Waals surface area (Å²) in [6.07, 6.45) is 13.4. The molecule has 0 spiro atoms. The summed E-state index contributed by atoms with van der Waals surface area (Å²) in [4.78, 5) is 23.0. The minimum absolute atomic E-state index is 0. The van der Waals surface area contributed by atoms with E-state index in [0.717, 1.165) is 55.3 Å². The van der Waals surface area contributed by atoms with Crippen LogP contribution in [0.4, 0.5) is 0 Å². The van der Waals surface area contributed by atoms with Gasteiger partial charge in [-0.1, -0.05) is 39.0 Å². The van der Waals surface area contributed by atoms with Crippen LogP contribution in [0.25, 0.3) is 0 Å². The molecule has 5 nitrogen and oxygen atoms in total. The molecule has 27 heavy (non-hydrogen) atoms. The molecule has 0 aliphatic heterocycles. The molecule has 0 aromatic rings. The van der Waals surface area contributed by atoms with Crippen LogP contribution in [-0.4, -0.2) is 57.3 Å². The lowest BCUT2D eigenvalue weighted by atomic mass is 10.1. The Morgan fingerprint density at radius 2 is 1.11 bits per heavy atom. The highest BCUT2D eigenvalue weighted by atomic mass is 79.9. The van der Waals surface area contributed by atoms with Crippen LogP contribution in [0.15, 0.2) is 12.2 Å². The topological polar surface area (TPSA) is 52.6 Å². The summed E-state index contributed by atoms with van der Waals surface area (Å²) in [5.41, 5.74) is 0. The molecule has 0 fully saturated rings. The van der Waals surface area contributed by atoms with Crippen molar-refractivity contribution in [1.82, 2.24) is 0 Å². The summed E-state index contributed by atoms with van der Waals surface area (Å²) in [7, 11) is 6.56. The van der Waals surface area contributed by atoms with Crippen molar-refractivity contribution >= 4 is 11.9 Å². The zero-order valence-corrected chi connectivity index (χ0v) is 19.4. The van der Waals surface area contributed by atoms with Crippen molar-refractivity contribution in [3.05, 3.63) is 12.2 Å². The maximum atomic E-state index is 11.5. The number of nitrogens with zero attached hydrogens (tertiary/aromatic N) is 1. The fourth-order valence-corrected chi connectivity index (χ4v) is 2.50. The summed E-state index contributed by atoms with van der Waals surface area (Å²) in [5, 5.41) is 0. The molecule has 0 amide bonds. The Morgan fingerprint density at radius 3 is 1.56 bits per heavy atom. The SMILES string of the molecule is CCCCCCCCOC(=O)/C=C/C(=O)OCCCCCC[N+](C)(C)C.[Br-]. The van der Waals surface area contributed by atoms with E-state index in [-0.39, 0.29) is 17.0 Å². The number of esters is 2. The molecule has 0 N–H and O–H groups in total. The third-order valence-electron chi connectivity index (χ3n) is 4.07. The molecule has 0 aromatic carbocycles. The quantitative estimate of drug-likeness (QED) is 0.154. The number of ether oxygens (including phenoxy) is 2. The molecule has 0 aromatic heterocycles. The summed E-state index contributed by atoms with van der Waals surface area (Å²) < 4.78 is 11.1. The smallest absolute Gasteiger partial charge is 0.331 e. The second-order valence-electron chi connectivity index (χ2n) is 7.86. The van der Waals surface area contributed by atoms with Gasteiger partial charge in [0.1, 0.15) is 0 Å². The van der Waals surface area contributed by atoms with E-state index < -0.39 is 11.9 Å². The van der Waals surface area contributed by atoms with E-state index >= 15 is 0 Å². The second-order valence-corrected chi connectivity index (χ2v) is 7.86. The van der Waals surface area contributed by atoms with Gasteiger partial charge in [-0.3, -0.25) is 0 Å². The van der Waals surface area contributed by atoms with E-state index in [0.29, 0.717) is 13.2 Å². The Hall–Kier alpha value is -0.880. The molecule has 0 heterocycles. The zero-order chi connectivity index (χ0) is 19.7. The van der Waals surface area contributed by atoms with Crippen molar-refractivity contribution in [1.29, 1.82) is 0 Å². The number of rotatable bonds is 16. The van der Waals surface area contributed by atoms with Gasteiger partial charge >= 0.3 is 11.9 Å². The zero-order valence-electron chi connectivity index (χ0n) is 17.8. The van der Waals surface area contributed by atoms with Gasteiger partial charge in [0.15, 0.2) is 0 Å². The Labute approximate surface area is 176 Å². The average Bonchev–Trinajstić information content (AvgIpc) is 2.57. The lowest BCUT2D eigenvalue weighted by Crippen LogP contribution is -3.00. The number of unbranched alkanes of at least 4 members (excludes halogenated alkanes) is 8. The fourth-order valence-electron chi connectivity index (χ4n) is 2.50. The summed E-state index contributed by atoms with van der Waals surface area (Å²) in [6, 6.07) is 0. The molecular weight excluding hydrogens is 410 g/mol. The lowest BCUT2D eigenvalue weighted by molar-refractivity contribution is -0.870. The molecular formula is C21H40BrNO4. The number of hydrogen-bond acceptors (Lipinski definition) is 4. The van der Waals surface area contributed by atoms with Crippen molar-refractivity contribution < 1.29 is 40.5 Å². The summed E-state index contributed by atoms with van der Waals surface area (Å²) in [6.45, 7) is 4.16. The maximum Gasteiger partial charge on any atom is 0.331 e. The minimum atomic E-state index is -0.479. The summed E-state index contributed by atoms with van der Waals surface area (Å²) >= 11 is 0. The highest BCUT2D eigenvalue weighted by Crippen LogP contribution is 2.05. The van der Waals surface area contributed by atoms with Crippen molar-refractivity contribution in [2.75, 3.05) is 40.9 Å². The first kappa shape index (κ1) is 28.3. The van der Waals surface area contributed by atoms with Crippen LogP contribution in [0.3, 0.4) is 0 Å². The molecule has 0 saturated heterocycles. The van der Waals surface area contributed by atoms with Crippen LogP contribution in [0, 0.1) is 0 Å². The molecule has 0 aliphatic rings. The Morgan fingerprint density at radius 1 is 0.704 bits per heavy atom. The average molecular weight is 450 g/mol. The molecule has 0 unspecified atom stereocenters. The Bertz CT molecular complexity index is 405. The van der Waals surface area contributed by atoms with E-state index in [4.69, 9.17) is 9.47 Å². The van der Waals surface area contributed by atoms with Crippen molar-refractivity contribution in [3.8, 4) is 0 Å². The number of carbonyl (C=O) groups is 2. The van der Waals surface area contributed by atoms with Crippen molar-refractivity contribution in [2.24, 2.45) is 0 Å². The van der Waals surface area contributed by atoms with Crippen LogP contribution < -0.4 is 17.0 Å². The number of carbonyl (C=O) groups excluding carboxylic acids is 2. The standard InChI is InChI=1S/C21H40NO4.BrH/c1-5-6-7-8-10-13-18-25-20(23)15-16-21(24)26-19-14-11-9-12-17-22(2,3)4;/h15-16H,5-14,17-19H2,1-4H3;1H/q+1;/p-1/b16-15+;. The predicted octanol–water partition coefficient (Wildman–Crippen LogP) is 1.26. The fraction of sp³-hybridized carbons (Fsp3) is 0.810. The Kier molecular flexibility index (Phi) is 19.4. The van der Waals surface area contributed by atoms with Gasteiger partial charge in [-0.15, -0.1) is 0 Å². The van der Waals surface area contributed by atoms with Crippen LogP contribution in [0.1, 0.15) is 71.1 Å². The summed E-state index contributed by atoms with van der Waals surface area (Å²) in [5.74, 6) is -0.955. The van der Waals surface area contributed by atoms with Crippen LogP contribution in [-0.2, 0) is 19.1 Å². The first-order valence-electron chi connectivity index (χ1n) is 10.2.